The zero-order valence-corrected chi connectivity index (χ0v) is 20.5. The van der Waals surface area contributed by atoms with E-state index < -0.39 is 16.3 Å². The number of amides is 2. The molecule has 28 heavy (non-hydrogen) atoms. The number of benzene rings is 1. The van der Waals surface area contributed by atoms with Crippen LogP contribution in [0.3, 0.4) is 0 Å². The van der Waals surface area contributed by atoms with E-state index in [-0.39, 0.29) is 65.4 Å². The Bertz CT molecular complexity index is 920. The van der Waals surface area contributed by atoms with Crippen LogP contribution < -0.4 is 48.5 Å². The Morgan fingerprint density at radius 1 is 1.29 bits per heavy atom. The van der Waals surface area contributed by atoms with E-state index in [9.17, 15) is 13.2 Å². The third-order valence-corrected chi connectivity index (χ3v) is 4.16. The predicted molar refractivity (Wildman–Crippen MR) is 106 cm³/mol. The van der Waals surface area contributed by atoms with Crippen molar-refractivity contribution in [1.29, 1.82) is 0 Å². The molecular formula is C14H13ClIN4NaO6S. The summed E-state index contributed by atoms with van der Waals surface area (Å²) in [7, 11) is -3.23. The van der Waals surface area contributed by atoms with Gasteiger partial charge in [0.1, 0.15) is 16.3 Å². The van der Waals surface area contributed by atoms with E-state index in [1.165, 1.54) is 31.4 Å². The Labute approximate surface area is 202 Å². The van der Waals surface area contributed by atoms with E-state index in [1.54, 1.807) is 6.07 Å². The third kappa shape index (κ3) is 8.13. The Hall–Kier alpha value is -1.06. The van der Waals surface area contributed by atoms with Crippen LogP contribution in [-0.4, -0.2) is 44.0 Å². The van der Waals surface area contributed by atoms with Crippen LogP contribution >= 0.6 is 34.2 Å². The minimum Gasteiger partial charge on any atom is -0.488 e. The number of hydrogen-bond donors (Lipinski definition) is 1. The second-order valence-electron chi connectivity index (χ2n) is 4.57. The normalized spacial score (nSPS) is 10.4. The van der Waals surface area contributed by atoms with Gasteiger partial charge in [-0.15, -0.1) is 11.6 Å². The van der Waals surface area contributed by atoms with Crippen LogP contribution in [0.5, 0.6) is 17.4 Å². The monoisotopic (exact) mass is 550 g/mol. The van der Waals surface area contributed by atoms with Gasteiger partial charge < -0.3 is 19.0 Å². The Morgan fingerprint density at radius 2 is 1.96 bits per heavy atom. The van der Waals surface area contributed by atoms with E-state index in [0.717, 1.165) is 0 Å². The fourth-order valence-corrected chi connectivity index (χ4v) is 2.92. The summed E-state index contributed by atoms with van der Waals surface area (Å²) in [6.07, 6.45) is 0. The molecule has 0 unspecified atom stereocenters. The average molecular weight is 551 g/mol. The second kappa shape index (κ2) is 11.8. The van der Waals surface area contributed by atoms with Crippen molar-refractivity contribution in [2.24, 2.45) is 0 Å². The maximum atomic E-state index is 12.0. The number of nitrogens with zero attached hydrogens (tertiary/aromatic N) is 3. The first-order chi connectivity index (χ1) is 12.8. The van der Waals surface area contributed by atoms with E-state index in [1.807, 2.05) is 22.6 Å². The smallest absolute Gasteiger partial charge is 0.488 e. The molecule has 2 amide bonds. The third-order valence-electron chi connectivity index (χ3n) is 2.67. The Morgan fingerprint density at radius 3 is 2.61 bits per heavy atom. The molecule has 0 atom stereocenters. The van der Waals surface area contributed by atoms with Gasteiger partial charge in [0.15, 0.2) is 17.5 Å². The van der Waals surface area contributed by atoms with Crippen LogP contribution in [0, 0.1) is 3.70 Å². The molecule has 1 N–H and O–H groups in total. The molecule has 1 heterocycles. The fraction of sp³-hybridized carbons (Fsp3) is 0.214. The number of aromatic nitrogens is 2. The number of para-hydroxylation sites is 2. The maximum absolute atomic E-state index is 12.0. The summed E-state index contributed by atoms with van der Waals surface area (Å²) in [5, 5.41) is 2.13. The first-order valence-corrected chi connectivity index (χ1v) is 10.2. The predicted octanol–water partition coefficient (Wildman–Crippen LogP) is -0.0592. The molecule has 10 nitrogen and oxygen atoms in total. The summed E-state index contributed by atoms with van der Waals surface area (Å²) in [4.78, 5) is 19.7. The first kappa shape index (κ1) is 25.0. The van der Waals surface area contributed by atoms with Gasteiger partial charge in [-0.1, -0.05) is 12.1 Å². The summed E-state index contributed by atoms with van der Waals surface area (Å²) in [5.74, 6) is 0.227. The molecule has 1 aromatic heterocycles. The standard InChI is InChI=1S/C14H14ClIN4O6S.Na/c1-24-12-8-11(16)17-13(18-12)19-14(21)20-27(22,23)26-10-5-3-2-4-9(10)25-7-6-15;/h2-5,8H,6-7H2,1H3,(H2,17,18,19,20,21);/q;+1/p-1. The summed E-state index contributed by atoms with van der Waals surface area (Å²) in [5.41, 5.74) is 0. The average Bonchev–Trinajstić information content (AvgIpc) is 2.59. The van der Waals surface area contributed by atoms with Gasteiger partial charge in [0.25, 0.3) is 0 Å². The van der Waals surface area contributed by atoms with Gasteiger partial charge in [0.2, 0.25) is 5.88 Å². The van der Waals surface area contributed by atoms with E-state index >= 15 is 0 Å². The molecule has 0 aliphatic carbocycles. The molecule has 2 rings (SSSR count). The van der Waals surface area contributed by atoms with Crippen LogP contribution in [0.4, 0.5) is 10.7 Å². The zero-order chi connectivity index (χ0) is 19.9. The van der Waals surface area contributed by atoms with Crippen molar-refractivity contribution in [3.63, 3.8) is 0 Å². The van der Waals surface area contributed by atoms with Gasteiger partial charge in [-0.25, -0.2) is 4.98 Å². The number of methoxy groups -OCH3 is 1. The quantitative estimate of drug-likeness (QED) is 0.209. The fourth-order valence-electron chi connectivity index (χ4n) is 1.70. The molecule has 0 saturated carbocycles. The van der Waals surface area contributed by atoms with Crippen LogP contribution in [0.2, 0.25) is 0 Å². The van der Waals surface area contributed by atoms with E-state index in [0.29, 0.717) is 3.70 Å². The van der Waals surface area contributed by atoms with E-state index in [4.69, 9.17) is 25.3 Å². The Kier molecular flexibility index (Phi) is 10.5. The van der Waals surface area contributed by atoms with Gasteiger partial charge in [0.05, 0.1) is 13.0 Å². The van der Waals surface area contributed by atoms with Gasteiger partial charge in [-0.05, 0) is 34.7 Å². The summed E-state index contributed by atoms with van der Waals surface area (Å²) < 4.78 is 42.5. The van der Waals surface area contributed by atoms with Gasteiger partial charge in [0, 0.05) is 6.07 Å². The minimum absolute atomic E-state index is 0. The minimum atomic E-state index is -4.62. The number of alkyl halides is 1. The van der Waals surface area contributed by atoms with Crippen molar-refractivity contribution in [1.82, 2.24) is 9.97 Å². The number of halogens is 2. The zero-order valence-electron chi connectivity index (χ0n) is 14.8. The molecular weight excluding hydrogens is 538 g/mol. The SMILES string of the molecule is COc1cc(I)nc(NC(=O)[N-]S(=O)(=O)Oc2ccccc2OCCCl)n1.[Na+]. The number of anilines is 1. The van der Waals surface area contributed by atoms with Crippen molar-refractivity contribution < 1.29 is 56.4 Å². The van der Waals surface area contributed by atoms with Gasteiger partial charge >= 0.3 is 39.9 Å². The summed E-state index contributed by atoms with van der Waals surface area (Å²) in [6.45, 7) is 0.144. The summed E-state index contributed by atoms with van der Waals surface area (Å²) >= 11 is 7.42. The molecule has 0 saturated heterocycles. The van der Waals surface area contributed by atoms with Crippen LogP contribution in [0.25, 0.3) is 4.72 Å². The second-order valence-corrected chi connectivity index (χ2v) is 7.26. The van der Waals surface area contributed by atoms with E-state index in [2.05, 4.69) is 20.0 Å². The van der Waals surface area contributed by atoms with Crippen LogP contribution in [0.15, 0.2) is 30.3 Å². The van der Waals surface area contributed by atoms with Crippen molar-refractivity contribution in [3.8, 4) is 17.4 Å². The molecule has 2 aromatic rings. The van der Waals surface area contributed by atoms with Crippen LogP contribution in [0.1, 0.15) is 0 Å². The Balaban J connectivity index is 0.00000392. The van der Waals surface area contributed by atoms with Crippen molar-refractivity contribution >= 4 is 56.5 Å². The molecule has 146 valence electrons. The molecule has 0 fully saturated rings. The number of nitrogens with one attached hydrogen (secondary N) is 1. The molecule has 0 aliphatic heterocycles. The van der Waals surface area contributed by atoms with Crippen molar-refractivity contribution in [2.45, 2.75) is 0 Å². The number of hydrogen-bond acceptors (Lipinski definition) is 8. The molecule has 0 radical (unpaired) electrons. The maximum Gasteiger partial charge on any atom is 1.00 e. The van der Waals surface area contributed by atoms with Crippen molar-refractivity contribution in [3.05, 3.63) is 38.8 Å². The summed E-state index contributed by atoms with van der Waals surface area (Å²) in [6, 6.07) is 6.27. The first-order valence-electron chi connectivity index (χ1n) is 7.17. The topological polar surface area (TPSA) is 131 Å². The largest absolute Gasteiger partial charge is 1.00 e. The number of carbonyl (C=O) groups is 1. The van der Waals surface area contributed by atoms with Gasteiger partial charge in [-0.3, -0.25) is 9.52 Å². The van der Waals surface area contributed by atoms with Crippen LogP contribution in [-0.2, 0) is 10.3 Å². The molecule has 0 aliphatic rings. The number of rotatable bonds is 8. The molecule has 14 heteroatoms. The number of urea groups is 1. The molecule has 0 spiro atoms. The number of carbonyl (C=O) groups excluding carboxylic acids is 1. The van der Waals surface area contributed by atoms with Gasteiger partial charge in [-0.2, -0.15) is 13.4 Å². The molecule has 0 bridgehead atoms. The van der Waals surface area contributed by atoms with Crippen molar-refractivity contribution in [2.75, 3.05) is 24.9 Å². The molecule has 1 aromatic carbocycles. The number of ether oxygens (including phenoxy) is 2.